The van der Waals surface area contributed by atoms with Gasteiger partial charge in [-0.15, -0.1) is 0 Å². The Morgan fingerprint density at radius 1 is 1.67 bits per heavy atom. The Bertz CT molecular complexity index is 85.0. The van der Waals surface area contributed by atoms with Gasteiger partial charge in [-0.2, -0.15) is 0 Å². The van der Waals surface area contributed by atoms with Crippen LogP contribution in [-0.2, 0) is 0 Å². The highest BCUT2D eigenvalue weighted by atomic mass is 16.3. The third-order valence-electron chi connectivity index (χ3n) is 2.16. The molecule has 1 saturated heterocycles. The third kappa shape index (κ3) is 1.66. The van der Waals surface area contributed by atoms with Crippen molar-refractivity contribution in [2.75, 3.05) is 13.2 Å². The van der Waals surface area contributed by atoms with Crippen molar-refractivity contribution in [1.82, 2.24) is 5.32 Å². The van der Waals surface area contributed by atoms with Crippen LogP contribution in [-0.4, -0.2) is 24.3 Å². The fraction of sp³-hybridized carbons (Fsp3) is 1.00. The van der Waals surface area contributed by atoms with Gasteiger partial charge in [0.2, 0.25) is 0 Å². The summed E-state index contributed by atoms with van der Waals surface area (Å²) < 4.78 is 0. The highest BCUT2D eigenvalue weighted by Gasteiger charge is 2.18. The van der Waals surface area contributed by atoms with E-state index < -0.39 is 0 Å². The predicted molar refractivity (Wildman–Crippen MR) is 37.3 cm³/mol. The van der Waals surface area contributed by atoms with Crippen LogP contribution in [0.5, 0.6) is 0 Å². The van der Waals surface area contributed by atoms with Gasteiger partial charge in [0.05, 0.1) is 0 Å². The van der Waals surface area contributed by atoms with Crippen molar-refractivity contribution in [3.05, 3.63) is 0 Å². The van der Waals surface area contributed by atoms with Gasteiger partial charge >= 0.3 is 0 Å². The lowest BCUT2D eigenvalue weighted by atomic mass is 9.93. The van der Waals surface area contributed by atoms with Gasteiger partial charge in [0.1, 0.15) is 0 Å². The van der Waals surface area contributed by atoms with Crippen LogP contribution in [0.25, 0.3) is 0 Å². The largest absolute Gasteiger partial charge is 0.396 e. The molecule has 2 nitrogen and oxygen atoms in total. The van der Waals surface area contributed by atoms with E-state index in [9.17, 15) is 0 Å². The Kier molecular flexibility index (Phi) is 2.49. The lowest BCUT2D eigenvalue weighted by Crippen LogP contribution is -2.40. The van der Waals surface area contributed by atoms with E-state index in [1.54, 1.807) is 0 Å². The molecule has 2 heteroatoms. The maximum atomic E-state index is 8.82. The summed E-state index contributed by atoms with van der Waals surface area (Å²) >= 11 is 0. The van der Waals surface area contributed by atoms with Crippen LogP contribution in [0.4, 0.5) is 0 Å². The molecule has 1 aliphatic heterocycles. The Morgan fingerprint density at radius 2 is 2.44 bits per heavy atom. The molecule has 1 rings (SSSR count). The molecule has 0 unspecified atom stereocenters. The van der Waals surface area contributed by atoms with E-state index in [1.165, 1.54) is 12.8 Å². The molecule has 2 atom stereocenters. The zero-order valence-electron chi connectivity index (χ0n) is 5.93. The summed E-state index contributed by atoms with van der Waals surface area (Å²) in [4.78, 5) is 0. The van der Waals surface area contributed by atoms with E-state index >= 15 is 0 Å². The molecule has 0 aliphatic carbocycles. The first-order valence-corrected chi connectivity index (χ1v) is 3.69. The predicted octanol–water partition coefficient (Wildman–Crippen LogP) is 0.367. The van der Waals surface area contributed by atoms with E-state index in [0.717, 1.165) is 6.54 Å². The van der Waals surface area contributed by atoms with Gasteiger partial charge in [0.25, 0.3) is 0 Å². The highest BCUT2D eigenvalue weighted by Crippen LogP contribution is 2.14. The van der Waals surface area contributed by atoms with Crippen molar-refractivity contribution < 1.29 is 5.11 Å². The second kappa shape index (κ2) is 3.18. The van der Waals surface area contributed by atoms with Crippen molar-refractivity contribution in [3.8, 4) is 0 Å². The van der Waals surface area contributed by atoms with Gasteiger partial charge in [0.15, 0.2) is 0 Å². The third-order valence-corrected chi connectivity index (χ3v) is 2.16. The summed E-state index contributed by atoms with van der Waals surface area (Å²) in [7, 11) is 0. The van der Waals surface area contributed by atoms with E-state index in [4.69, 9.17) is 5.11 Å². The van der Waals surface area contributed by atoms with Crippen LogP contribution >= 0.6 is 0 Å². The molecular formula is C7H15NO. The summed E-state index contributed by atoms with van der Waals surface area (Å²) in [6, 6.07) is 0.517. The molecule has 0 radical (unpaired) electrons. The molecule has 1 fully saturated rings. The summed E-state index contributed by atoms with van der Waals surface area (Å²) in [5.41, 5.74) is 0. The van der Waals surface area contributed by atoms with Gasteiger partial charge in [-0.25, -0.2) is 0 Å². The summed E-state index contributed by atoms with van der Waals surface area (Å²) in [5, 5.41) is 12.1. The molecule has 2 N–H and O–H groups in total. The Labute approximate surface area is 56.3 Å². The Balaban J connectivity index is 2.30. The number of hydrogen-bond acceptors (Lipinski definition) is 2. The minimum atomic E-state index is 0.341. The number of aliphatic hydroxyl groups excluding tert-OH is 1. The molecule has 1 aliphatic rings. The van der Waals surface area contributed by atoms with E-state index in [-0.39, 0.29) is 0 Å². The van der Waals surface area contributed by atoms with Crippen molar-refractivity contribution in [2.24, 2.45) is 5.92 Å². The molecule has 0 amide bonds. The summed E-state index contributed by atoms with van der Waals surface area (Å²) in [5.74, 6) is 0.499. The number of hydrogen-bond donors (Lipinski definition) is 2. The number of rotatable bonds is 1. The SMILES string of the molecule is C[C@H]1NCCC[C@@H]1CO. The fourth-order valence-electron chi connectivity index (χ4n) is 1.36. The number of nitrogens with one attached hydrogen (secondary N) is 1. The second-order valence-corrected chi connectivity index (χ2v) is 2.83. The van der Waals surface area contributed by atoms with Crippen LogP contribution in [0.3, 0.4) is 0 Å². The van der Waals surface area contributed by atoms with Crippen molar-refractivity contribution in [3.63, 3.8) is 0 Å². The summed E-state index contributed by atoms with van der Waals surface area (Å²) in [6.07, 6.45) is 2.40. The standard InChI is InChI=1S/C7H15NO/c1-6-7(5-9)3-2-4-8-6/h6-9H,2-5H2,1H3/t6-,7-/m1/s1. The smallest absolute Gasteiger partial charge is 0.0474 e. The minimum absolute atomic E-state index is 0.341. The van der Waals surface area contributed by atoms with Gasteiger partial charge in [-0.3, -0.25) is 0 Å². The van der Waals surface area contributed by atoms with Gasteiger partial charge < -0.3 is 10.4 Å². The normalized spacial score (nSPS) is 36.7. The van der Waals surface area contributed by atoms with Crippen LogP contribution in [0.15, 0.2) is 0 Å². The summed E-state index contributed by atoms with van der Waals surface area (Å²) in [6.45, 7) is 3.60. The molecule has 0 aromatic carbocycles. The first-order chi connectivity index (χ1) is 4.34. The molecular weight excluding hydrogens is 114 g/mol. The minimum Gasteiger partial charge on any atom is -0.396 e. The van der Waals surface area contributed by atoms with E-state index in [2.05, 4.69) is 12.2 Å². The lowest BCUT2D eigenvalue weighted by Gasteiger charge is -2.27. The average molecular weight is 129 g/mol. The van der Waals surface area contributed by atoms with E-state index in [0.29, 0.717) is 18.6 Å². The quantitative estimate of drug-likeness (QED) is 0.536. The zero-order chi connectivity index (χ0) is 6.69. The Hall–Kier alpha value is -0.0800. The molecule has 0 spiro atoms. The second-order valence-electron chi connectivity index (χ2n) is 2.83. The lowest BCUT2D eigenvalue weighted by molar-refractivity contribution is 0.167. The molecule has 54 valence electrons. The topological polar surface area (TPSA) is 32.3 Å². The van der Waals surface area contributed by atoms with Gasteiger partial charge in [-0.1, -0.05) is 0 Å². The fourth-order valence-corrected chi connectivity index (χ4v) is 1.36. The molecule has 0 aromatic heterocycles. The Morgan fingerprint density at radius 3 is 2.89 bits per heavy atom. The zero-order valence-corrected chi connectivity index (χ0v) is 5.93. The maximum Gasteiger partial charge on any atom is 0.0474 e. The molecule has 9 heavy (non-hydrogen) atoms. The first kappa shape index (κ1) is 7.03. The van der Waals surface area contributed by atoms with Crippen molar-refractivity contribution >= 4 is 0 Å². The molecule has 0 aromatic rings. The number of piperidine rings is 1. The van der Waals surface area contributed by atoms with E-state index in [1.807, 2.05) is 0 Å². The van der Waals surface area contributed by atoms with Crippen LogP contribution in [0.2, 0.25) is 0 Å². The number of aliphatic hydroxyl groups is 1. The monoisotopic (exact) mass is 129 g/mol. The molecule has 1 heterocycles. The molecule has 0 bridgehead atoms. The van der Waals surface area contributed by atoms with Crippen LogP contribution < -0.4 is 5.32 Å². The maximum absolute atomic E-state index is 8.82. The van der Waals surface area contributed by atoms with Crippen molar-refractivity contribution in [1.29, 1.82) is 0 Å². The highest BCUT2D eigenvalue weighted by molar-refractivity contribution is 4.76. The van der Waals surface area contributed by atoms with Gasteiger partial charge in [-0.05, 0) is 32.2 Å². The van der Waals surface area contributed by atoms with Crippen molar-refractivity contribution in [2.45, 2.75) is 25.8 Å². The van der Waals surface area contributed by atoms with Crippen LogP contribution in [0.1, 0.15) is 19.8 Å². The van der Waals surface area contributed by atoms with Crippen LogP contribution in [0, 0.1) is 5.92 Å². The first-order valence-electron chi connectivity index (χ1n) is 3.69. The average Bonchev–Trinajstić information content (AvgIpc) is 1.89. The molecule has 0 saturated carbocycles. The van der Waals surface area contributed by atoms with Gasteiger partial charge in [0, 0.05) is 12.6 Å².